The van der Waals surface area contributed by atoms with Crippen LogP contribution >= 0.6 is 0 Å². The number of benzene rings is 2. The van der Waals surface area contributed by atoms with Gasteiger partial charge >= 0.3 is 11.9 Å². The Kier molecular flexibility index (Phi) is 9.27. The molecule has 0 radical (unpaired) electrons. The number of carbonyl (C=O) groups excluding carboxylic acids is 3. The van der Waals surface area contributed by atoms with Crippen molar-refractivity contribution in [3.8, 4) is 17.2 Å². The van der Waals surface area contributed by atoms with Crippen LogP contribution < -0.4 is 14.8 Å². The van der Waals surface area contributed by atoms with Gasteiger partial charge in [0, 0.05) is 23.7 Å². The van der Waals surface area contributed by atoms with Crippen LogP contribution in [0, 0.1) is 13.8 Å². The van der Waals surface area contributed by atoms with Crippen molar-refractivity contribution in [1.29, 1.82) is 0 Å². The van der Waals surface area contributed by atoms with Crippen LogP contribution in [0.1, 0.15) is 53.7 Å². The normalized spacial score (nSPS) is 10.5. The number of rotatable bonds is 10. The first-order chi connectivity index (χ1) is 15.7. The Morgan fingerprint density at radius 3 is 2.27 bits per heavy atom. The number of hydrogen-bond donors (Lipinski definition) is 2. The van der Waals surface area contributed by atoms with Crippen LogP contribution in [-0.2, 0) is 20.7 Å². The molecule has 2 aromatic carbocycles. The fourth-order valence-corrected chi connectivity index (χ4v) is 3.34. The molecule has 8 nitrogen and oxygen atoms in total. The van der Waals surface area contributed by atoms with Gasteiger partial charge in [-0.05, 0) is 50.5 Å². The van der Waals surface area contributed by atoms with E-state index in [0.29, 0.717) is 54.4 Å². The fourth-order valence-electron chi connectivity index (χ4n) is 3.34. The highest BCUT2D eigenvalue weighted by Crippen LogP contribution is 2.33. The van der Waals surface area contributed by atoms with Crippen molar-refractivity contribution in [2.75, 3.05) is 25.6 Å². The number of aryl methyl sites for hydroxylation is 2. The molecule has 33 heavy (non-hydrogen) atoms. The standard InChI is InChI=1S/C25H31NO7/c1-6-8-19-21(10-9-18(17(4)27)23(19)28)32-11-7-12-33-22-14-20(15(2)13-16(22)3)26-24(29)25(30)31-5/h9-10,13-14,28H,6-8,11-12H2,1-5H3,(H,26,29). The number of hydrogen-bond acceptors (Lipinski definition) is 7. The van der Waals surface area contributed by atoms with Gasteiger partial charge in [-0.1, -0.05) is 19.4 Å². The molecule has 0 atom stereocenters. The molecule has 0 saturated carbocycles. The van der Waals surface area contributed by atoms with Crippen molar-refractivity contribution in [1.82, 2.24) is 0 Å². The SMILES string of the molecule is CCCc1c(OCCCOc2cc(NC(=O)C(=O)OC)c(C)cc2C)ccc(C(C)=O)c1O. The van der Waals surface area contributed by atoms with E-state index in [1.54, 1.807) is 18.2 Å². The second-order valence-electron chi connectivity index (χ2n) is 7.67. The number of carbonyl (C=O) groups is 3. The van der Waals surface area contributed by atoms with Gasteiger partial charge in [-0.2, -0.15) is 0 Å². The first-order valence-corrected chi connectivity index (χ1v) is 10.8. The van der Waals surface area contributed by atoms with Crippen LogP contribution in [0.5, 0.6) is 17.2 Å². The van der Waals surface area contributed by atoms with Crippen molar-refractivity contribution in [2.24, 2.45) is 0 Å². The minimum absolute atomic E-state index is 0.0186. The molecular weight excluding hydrogens is 426 g/mol. The monoisotopic (exact) mass is 457 g/mol. The van der Waals surface area contributed by atoms with Crippen LogP contribution in [0.2, 0.25) is 0 Å². The molecule has 0 aliphatic heterocycles. The van der Waals surface area contributed by atoms with Crippen LogP contribution in [0.15, 0.2) is 24.3 Å². The number of ketones is 1. The molecule has 0 fully saturated rings. The van der Waals surface area contributed by atoms with E-state index in [-0.39, 0.29) is 11.5 Å². The number of anilines is 1. The van der Waals surface area contributed by atoms with E-state index in [1.165, 1.54) is 6.92 Å². The lowest BCUT2D eigenvalue weighted by molar-refractivity contribution is -0.150. The van der Waals surface area contributed by atoms with Gasteiger partial charge in [-0.3, -0.25) is 9.59 Å². The van der Waals surface area contributed by atoms with E-state index in [2.05, 4.69) is 10.1 Å². The highest BCUT2D eigenvalue weighted by molar-refractivity contribution is 6.37. The number of phenols is 1. The summed E-state index contributed by atoms with van der Waals surface area (Å²) in [6.07, 6.45) is 1.97. The summed E-state index contributed by atoms with van der Waals surface area (Å²) in [7, 11) is 1.14. The Labute approximate surface area is 193 Å². The summed E-state index contributed by atoms with van der Waals surface area (Å²) in [4.78, 5) is 34.9. The lowest BCUT2D eigenvalue weighted by Gasteiger charge is -2.16. The number of aromatic hydroxyl groups is 1. The Bertz CT molecular complexity index is 1030. The molecule has 0 heterocycles. The van der Waals surface area contributed by atoms with Crippen LogP contribution in [-0.4, -0.2) is 43.1 Å². The molecule has 8 heteroatoms. The van der Waals surface area contributed by atoms with Gasteiger partial charge < -0.3 is 24.6 Å². The minimum Gasteiger partial charge on any atom is -0.507 e. The van der Waals surface area contributed by atoms with E-state index in [0.717, 1.165) is 24.7 Å². The third-order valence-corrected chi connectivity index (χ3v) is 5.06. The first kappa shape index (κ1) is 25.7. The second kappa shape index (κ2) is 11.9. The third-order valence-electron chi connectivity index (χ3n) is 5.06. The maximum absolute atomic E-state index is 11.8. The number of ether oxygens (including phenoxy) is 3. The molecule has 0 unspecified atom stereocenters. The van der Waals surface area contributed by atoms with Crippen molar-refractivity contribution < 1.29 is 33.7 Å². The zero-order chi connectivity index (χ0) is 24.5. The van der Waals surface area contributed by atoms with Gasteiger partial charge in [-0.15, -0.1) is 0 Å². The summed E-state index contributed by atoms with van der Waals surface area (Å²) in [5.74, 6) is -0.907. The van der Waals surface area contributed by atoms with Gasteiger partial charge in [0.05, 0.1) is 25.9 Å². The topological polar surface area (TPSA) is 111 Å². The van der Waals surface area contributed by atoms with E-state index in [1.807, 2.05) is 26.8 Å². The molecular formula is C25H31NO7. The fraction of sp³-hybridized carbons (Fsp3) is 0.400. The number of phenolic OH excluding ortho intramolecular Hbond substituents is 1. The number of nitrogens with one attached hydrogen (secondary N) is 1. The van der Waals surface area contributed by atoms with Crippen LogP contribution in [0.25, 0.3) is 0 Å². The predicted octanol–water partition coefficient (Wildman–Crippen LogP) is 4.12. The molecule has 0 spiro atoms. The van der Waals surface area contributed by atoms with Crippen molar-refractivity contribution >= 4 is 23.3 Å². The zero-order valence-electron chi connectivity index (χ0n) is 19.7. The Balaban J connectivity index is 1.98. The quantitative estimate of drug-likeness (QED) is 0.239. The van der Waals surface area contributed by atoms with Crippen molar-refractivity contribution in [3.05, 3.63) is 46.5 Å². The maximum Gasteiger partial charge on any atom is 0.396 e. The smallest absolute Gasteiger partial charge is 0.396 e. The average molecular weight is 458 g/mol. The summed E-state index contributed by atoms with van der Waals surface area (Å²) in [6.45, 7) is 7.83. The first-order valence-electron chi connectivity index (χ1n) is 10.8. The predicted molar refractivity (Wildman–Crippen MR) is 124 cm³/mol. The molecule has 0 aromatic heterocycles. The Morgan fingerprint density at radius 2 is 1.67 bits per heavy atom. The van der Waals surface area contributed by atoms with E-state index >= 15 is 0 Å². The number of methoxy groups -OCH3 is 1. The summed E-state index contributed by atoms with van der Waals surface area (Å²) in [5, 5.41) is 13.0. The highest BCUT2D eigenvalue weighted by Gasteiger charge is 2.17. The Hall–Kier alpha value is -3.55. The molecule has 1 amide bonds. The molecule has 2 aromatic rings. The molecule has 0 saturated heterocycles. The average Bonchev–Trinajstić information content (AvgIpc) is 2.77. The lowest BCUT2D eigenvalue weighted by Crippen LogP contribution is -2.24. The summed E-state index contributed by atoms with van der Waals surface area (Å²) < 4.78 is 16.1. The largest absolute Gasteiger partial charge is 0.507 e. The van der Waals surface area contributed by atoms with Crippen molar-refractivity contribution in [3.63, 3.8) is 0 Å². The summed E-state index contributed by atoms with van der Waals surface area (Å²) in [5.41, 5.74) is 3.07. The number of Topliss-reactive ketones (excluding diaryl/α,β-unsaturated/α-hetero) is 1. The van der Waals surface area contributed by atoms with Gasteiger partial charge in [0.25, 0.3) is 0 Å². The second-order valence-corrected chi connectivity index (χ2v) is 7.67. The van der Waals surface area contributed by atoms with Gasteiger partial charge in [0.15, 0.2) is 5.78 Å². The van der Waals surface area contributed by atoms with E-state index in [4.69, 9.17) is 9.47 Å². The zero-order valence-corrected chi connectivity index (χ0v) is 19.7. The van der Waals surface area contributed by atoms with Crippen molar-refractivity contribution in [2.45, 2.75) is 47.0 Å². The molecule has 178 valence electrons. The van der Waals surface area contributed by atoms with E-state index in [9.17, 15) is 19.5 Å². The number of esters is 1. The van der Waals surface area contributed by atoms with Crippen LogP contribution in [0.3, 0.4) is 0 Å². The van der Waals surface area contributed by atoms with Gasteiger partial charge in [-0.25, -0.2) is 4.79 Å². The van der Waals surface area contributed by atoms with Crippen LogP contribution in [0.4, 0.5) is 5.69 Å². The van der Waals surface area contributed by atoms with Gasteiger partial charge in [0.1, 0.15) is 17.2 Å². The maximum atomic E-state index is 11.8. The number of amides is 1. The summed E-state index contributed by atoms with van der Waals surface area (Å²) in [6, 6.07) is 6.81. The Morgan fingerprint density at radius 1 is 1.00 bits per heavy atom. The summed E-state index contributed by atoms with van der Waals surface area (Å²) >= 11 is 0. The minimum atomic E-state index is -0.973. The third kappa shape index (κ3) is 6.71. The molecule has 2 N–H and O–H groups in total. The molecule has 0 aliphatic rings. The molecule has 0 aliphatic carbocycles. The van der Waals surface area contributed by atoms with Gasteiger partial charge in [0.2, 0.25) is 0 Å². The van der Waals surface area contributed by atoms with E-state index < -0.39 is 11.9 Å². The molecule has 2 rings (SSSR count). The highest BCUT2D eigenvalue weighted by atomic mass is 16.5. The lowest BCUT2D eigenvalue weighted by atomic mass is 10.0. The molecule has 0 bridgehead atoms.